The van der Waals surface area contributed by atoms with Gasteiger partial charge in [0.15, 0.2) is 0 Å². The number of hydrogen-bond donors (Lipinski definition) is 1. The Morgan fingerprint density at radius 1 is 1.19 bits per heavy atom. The molecular weight excluding hydrogens is 269 g/mol. The molecule has 3 rings (SSSR count). The average molecular weight is 283 g/mol. The second-order valence-electron chi connectivity index (χ2n) is 4.86. The Kier molecular flexibility index (Phi) is 3.44. The number of fused-ring (bicyclic) bond motifs is 1. The average Bonchev–Trinajstić information content (AvgIpc) is 2.79. The lowest BCUT2D eigenvalue weighted by atomic mass is 10.1. The van der Waals surface area contributed by atoms with Gasteiger partial charge in [-0.25, -0.2) is 4.39 Å². The molecule has 0 bridgehead atoms. The molecular formula is C17H14FNO2. The Morgan fingerprint density at radius 2 is 1.95 bits per heavy atom. The molecule has 0 fully saturated rings. The predicted octanol–water partition coefficient (Wildman–Crippen LogP) is 3.52. The minimum atomic E-state index is -0.262. The molecule has 0 aliphatic heterocycles. The SMILES string of the molecule is CON=C1/C(=C/c2ccc(F)cc2)Cc2ccc(O)cc21. The molecule has 2 aromatic carbocycles. The second-order valence-corrected chi connectivity index (χ2v) is 4.86. The van der Waals surface area contributed by atoms with E-state index in [0.717, 1.165) is 22.3 Å². The minimum Gasteiger partial charge on any atom is -0.508 e. The molecule has 21 heavy (non-hydrogen) atoms. The molecule has 0 atom stereocenters. The molecule has 0 aromatic heterocycles. The zero-order valence-electron chi connectivity index (χ0n) is 11.5. The number of allylic oxidation sites excluding steroid dienone is 1. The van der Waals surface area contributed by atoms with E-state index in [-0.39, 0.29) is 11.6 Å². The smallest absolute Gasteiger partial charge is 0.123 e. The summed E-state index contributed by atoms with van der Waals surface area (Å²) in [6, 6.07) is 11.5. The van der Waals surface area contributed by atoms with Gasteiger partial charge in [-0.2, -0.15) is 0 Å². The van der Waals surface area contributed by atoms with Crippen molar-refractivity contribution in [2.24, 2.45) is 5.16 Å². The highest BCUT2D eigenvalue weighted by molar-refractivity contribution is 6.18. The van der Waals surface area contributed by atoms with Crippen LogP contribution in [0.15, 0.2) is 53.2 Å². The summed E-state index contributed by atoms with van der Waals surface area (Å²) in [4.78, 5) is 4.92. The first-order chi connectivity index (χ1) is 10.2. The summed E-state index contributed by atoms with van der Waals surface area (Å²) in [6.45, 7) is 0. The first-order valence-electron chi connectivity index (χ1n) is 6.57. The van der Waals surface area contributed by atoms with E-state index in [2.05, 4.69) is 5.16 Å². The first kappa shape index (κ1) is 13.4. The summed E-state index contributed by atoms with van der Waals surface area (Å²) in [7, 11) is 1.49. The maximum atomic E-state index is 13.0. The third kappa shape index (κ3) is 2.65. The van der Waals surface area contributed by atoms with Gasteiger partial charge >= 0.3 is 0 Å². The number of oxime groups is 1. The molecule has 0 heterocycles. The molecule has 1 aliphatic rings. The lowest BCUT2D eigenvalue weighted by Crippen LogP contribution is -1.99. The van der Waals surface area contributed by atoms with Gasteiger partial charge in [0.2, 0.25) is 0 Å². The van der Waals surface area contributed by atoms with Crippen molar-refractivity contribution in [2.75, 3.05) is 7.11 Å². The van der Waals surface area contributed by atoms with E-state index >= 15 is 0 Å². The van der Waals surface area contributed by atoms with Crippen LogP contribution in [0.4, 0.5) is 4.39 Å². The van der Waals surface area contributed by atoms with Crippen LogP contribution in [-0.2, 0) is 11.3 Å². The highest BCUT2D eigenvalue weighted by atomic mass is 19.1. The minimum absolute atomic E-state index is 0.195. The molecule has 0 saturated heterocycles. The summed E-state index contributed by atoms with van der Waals surface area (Å²) < 4.78 is 13.0. The Balaban J connectivity index is 2.04. The lowest BCUT2D eigenvalue weighted by molar-refractivity contribution is 0.214. The summed E-state index contributed by atoms with van der Waals surface area (Å²) in [6.07, 6.45) is 2.66. The van der Waals surface area contributed by atoms with Crippen LogP contribution >= 0.6 is 0 Å². The topological polar surface area (TPSA) is 41.8 Å². The van der Waals surface area contributed by atoms with Crippen molar-refractivity contribution < 1.29 is 14.3 Å². The molecule has 0 unspecified atom stereocenters. The number of hydrogen-bond acceptors (Lipinski definition) is 3. The largest absolute Gasteiger partial charge is 0.508 e. The number of nitrogens with zero attached hydrogens (tertiary/aromatic N) is 1. The van der Waals surface area contributed by atoms with Crippen LogP contribution in [0, 0.1) is 5.82 Å². The van der Waals surface area contributed by atoms with E-state index in [9.17, 15) is 9.50 Å². The van der Waals surface area contributed by atoms with Crippen LogP contribution in [-0.4, -0.2) is 17.9 Å². The molecule has 106 valence electrons. The molecule has 0 radical (unpaired) electrons. The number of phenolic OH excluding ortho intramolecular Hbond substituents is 1. The van der Waals surface area contributed by atoms with Gasteiger partial charge in [-0.3, -0.25) is 0 Å². The maximum absolute atomic E-state index is 13.0. The van der Waals surface area contributed by atoms with Crippen LogP contribution in [0.5, 0.6) is 5.75 Å². The first-order valence-corrected chi connectivity index (χ1v) is 6.57. The van der Waals surface area contributed by atoms with E-state index in [1.165, 1.54) is 19.2 Å². The monoisotopic (exact) mass is 283 g/mol. The van der Waals surface area contributed by atoms with Gasteiger partial charge < -0.3 is 9.94 Å². The van der Waals surface area contributed by atoms with Crippen molar-refractivity contribution in [1.29, 1.82) is 0 Å². The summed E-state index contributed by atoms with van der Waals surface area (Å²) in [5, 5.41) is 13.7. The zero-order chi connectivity index (χ0) is 14.8. The van der Waals surface area contributed by atoms with Crippen LogP contribution in [0.1, 0.15) is 16.7 Å². The number of halogens is 1. The number of rotatable bonds is 2. The van der Waals surface area contributed by atoms with E-state index in [1.807, 2.05) is 12.1 Å². The van der Waals surface area contributed by atoms with Crippen LogP contribution in [0.2, 0.25) is 0 Å². The van der Waals surface area contributed by atoms with Gasteiger partial charge in [0, 0.05) is 12.0 Å². The number of benzene rings is 2. The van der Waals surface area contributed by atoms with Gasteiger partial charge in [-0.15, -0.1) is 0 Å². The fraction of sp³-hybridized carbons (Fsp3) is 0.118. The summed E-state index contributed by atoms with van der Waals surface area (Å²) in [5.41, 5.74) is 4.52. The molecule has 0 saturated carbocycles. The van der Waals surface area contributed by atoms with Gasteiger partial charge in [0.1, 0.15) is 24.4 Å². The van der Waals surface area contributed by atoms with Crippen molar-refractivity contribution in [3.05, 3.63) is 70.5 Å². The normalized spacial score (nSPS) is 17.2. The Labute approximate surface area is 122 Å². The molecule has 1 N–H and O–H groups in total. The third-order valence-corrected chi connectivity index (χ3v) is 3.43. The zero-order valence-corrected chi connectivity index (χ0v) is 11.5. The maximum Gasteiger partial charge on any atom is 0.123 e. The van der Waals surface area contributed by atoms with Crippen LogP contribution in [0.25, 0.3) is 6.08 Å². The van der Waals surface area contributed by atoms with E-state index in [1.54, 1.807) is 24.3 Å². The number of phenols is 1. The molecule has 2 aromatic rings. The van der Waals surface area contributed by atoms with Gasteiger partial charge in [-0.05, 0) is 47.0 Å². The van der Waals surface area contributed by atoms with Crippen molar-refractivity contribution in [3.8, 4) is 5.75 Å². The van der Waals surface area contributed by atoms with E-state index < -0.39 is 0 Å². The van der Waals surface area contributed by atoms with Crippen molar-refractivity contribution in [1.82, 2.24) is 0 Å². The highest BCUT2D eigenvalue weighted by Gasteiger charge is 2.24. The van der Waals surface area contributed by atoms with Crippen molar-refractivity contribution >= 4 is 11.8 Å². The second kappa shape index (κ2) is 5.40. The Bertz CT molecular complexity index is 733. The van der Waals surface area contributed by atoms with Crippen LogP contribution in [0.3, 0.4) is 0 Å². The quantitative estimate of drug-likeness (QED) is 0.857. The summed E-state index contributed by atoms with van der Waals surface area (Å²) in [5.74, 6) is -0.0665. The third-order valence-electron chi connectivity index (χ3n) is 3.43. The highest BCUT2D eigenvalue weighted by Crippen LogP contribution is 2.31. The van der Waals surface area contributed by atoms with Crippen molar-refractivity contribution in [2.45, 2.75) is 6.42 Å². The van der Waals surface area contributed by atoms with Gasteiger partial charge in [-0.1, -0.05) is 23.4 Å². The number of aromatic hydroxyl groups is 1. The molecule has 0 spiro atoms. The molecule has 1 aliphatic carbocycles. The lowest BCUT2D eigenvalue weighted by Gasteiger charge is -2.02. The van der Waals surface area contributed by atoms with E-state index in [4.69, 9.17) is 4.84 Å². The predicted molar refractivity (Wildman–Crippen MR) is 79.7 cm³/mol. The molecule has 4 heteroatoms. The molecule has 3 nitrogen and oxygen atoms in total. The van der Waals surface area contributed by atoms with Crippen LogP contribution < -0.4 is 0 Å². The van der Waals surface area contributed by atoms with Gasteiger partial charge in [0.25, 0.3) is 0 Å². The fourth-order valence-corrected chi connectivity index (χ4v) is 2.48. The fourth-order valence-electron chi connectivity index (χ4n) is 2.48. The standard InChI is InChI=1S/C17H14FNO2/c1-21-19-17-13(8-11-2-5-14(18)6-3-11)9-12-4-7-15(20)10-16(12)17/h2-8,10,20H,9H2,1H3/b13-8+,19-17?. The Hall–Kier alpha value is -2.62. The molecule has 0 amide bonds. The van der Waals surface area contributed by atoms with Gasteiger partial charge in [0.05, 0.1) is 0 Å². The van der Waals surface area contributed by atoms with E-state index in [0.29, 0.717) is 12.1 Å². The van der Waals surface area contributed by atoms with Crippen molar-refractivity contribution in [3.63, 3.8) is 0 Å². The Morgan fingerprint density at radius 3 is 2.67 bits per heavy atom. The summed E-state index contributed by atoms with van der Waals surface area (Å²) >= 11 is 0.